The molecule has 0 radical (unpaired) electrons. The molecule has 0 saturated heterocycles. The number of hydrogen-bond acceptors (Lipinski definition) is 7. The number of ether oxygens (including phenoxy) is 2. The fourth-order valence-electron chi connectivity index (χ4n) is 6.90. The molecule has 0 aliphatic rings. The van der Waals surface area contributed by atoms with E-state index in [-0.39, 0.29) is 25.6 Å². The van der Waals surface area contributed by atoms with Crippen molar-refractivity contribution < 1.29 is 42.1 Å². The molecule has 1 N–H and O–H groups in total. The third-order valence-electron chi connectivity index (χ3n) is 10.6. The second kappa shape index (κ2) is 39.5. The van der Waals surface area contributed by atoms with E-state index in [2.05, 4.69) is 13.8 Å². The molecule has 10 heteroatoms. The second-order valence-electron chi connectivity index (χ2n) is 17.5. The minimum atomic E-state index is -4.37. The molecule has 56 heavy (non-hydrogen) atoms. The van der Waals surface area contributed by atoms with Gasteiger partial charge in [0.25, 0.3) is 0 Å². The molecule has 0 aromatic heterocycles. The highest BCUT2D eigenvalue weighted by Gasteiger charge is 2.27. The molecule has 334 valence electrons. The van der Waals surface area contributed by atoms with Crippen molar-refractivity contribution in [1.82, 2.24) is 0 Å². The van der Waals surface area contributed by atoms with Crippen molar-refractivity contribution in [2.45, 2.75) is 238 Å². The van der Waals surface area contributed by atoms with E-state index in [0.29, 0.717) is 17.4 Å². The van der Waals surface area contributed by atoms with E-state index in [1.54, 1.807) is 0 Å². The first-order valence-corrected chi connectivity index (χ1v) is 25.3. The number of rotatable bonds is 44. The zero-order valence-electron chi connectivity index (χ0n) is 37.6. The van der Waals surface area contributed by atoms with E-state index in [4.69, 9.17) is 18.5 Å². The van der Waals surface area contributed by atoms with Crippen molar-refractivity contribution in [3.05, 3.63) is 0 Å². The average Bonchev–Trinajstić information content (AvgIpc) is 3.15. The monoisotopic (exact) mass is 819 g/mol. The predicted molar refractivity (Wildman–Crippen MR) is 234 cm³/mol. The van der Waals surface area contributed by atoms with E-state index < -0.39 is 26.5 Å². The topological polar surface area (TPSA) is 108 Å². The lowest BCUT2D eigenvalue weighted by molar-refractivity contribution is -0.870. The van der Waals surface area contributed by atoms with Crippen LogP contribution in [0.2, 0.25) is 0 Å². The molecular weight excluding hydrogens is 725 g/mol. The van der Waals surface area contributed by atoms with Crippen molar-refractivity contribution in [3.63, 3.8) is 0 Å². The van der Waals surface area contributed by atoms with Gasteiger partial charge in [-0.1, -0.05) is 206 Å². The van der Waals surface area contributed by atoms with Crippen LogP contribution < -0.4 is 0 Å². The summed E-state index contributed by atoms with van der Waals surface area (Å²) in [7, 11) is 1.49. The number of nitrogens with zero attached hydrogens (tertiary/aromatic N) is 1. The summed E-state index contributed by atoms with van der Waals surface area (Å²) < 4.78 is 34.4. The number of unbranched alkanes of at least 4 members (excludes halogenated alkanes) is 30. The first-order chi connectivity index (χ1) is 27.0. The molecule has 0 heterocycles. The summed E-state index contributed by atoms with van der Waals surface area (Å²) >= 11 is 0. The Bertz CT molecular complexity index is 927. The Morgan fingerprint density at radius 3 is 1.14 bits per heavy atom. The molecule has 0 bridgehead atoms. The second-order valence-corrected chi connectivity index (χ2v) is 19.0. The van der Waals surface area contributed by atoms with Crippen molar-refractivity contribution in [2.24, 2.45) is 0 Å². The van der Waals surface area contributed by atoms with E-state index >= 15 is 0 Å². The zero-order valence-corrected chi connectivity index (χ0v) is 38.5. The number of likely N-dealkylation sites (N-methyl/N-ethyl adjacent to an activating group) is 1. The van der Waals surface area contributed by atoms with Gasteiger partial charge in [-0.3, -0.25) is 18.6 Å². The average molecular weight is 819 g/mol. The summed E-state index contributed by atoms with van der Waals surface area (Å²) in [6.07, 6.45) is 40.0. The lowest BCUT2D eigenvalue weighted by Gasteiger charge is -2.24. The normalized spacial score (nSPS) is 13.5. The minimum Gasteiger partial charge on any atom is -0.462 e. The first-order valence-electron chi connectivity index (χ1n) is 23.8. The van der Waals surface area contributed by atoms with Gasteiger partial charge in [-0.15, -0.1) is 0 Å². The summed E-state index contributed by atoms with van der Waals surface area (Å²) in [6.45, 7) is 4.47. The zero-order chi connectivity index (χ0) is 41.4. The van der Waals surface area contributed by atoms with Crippen LogP contribution >= 0.6 is 7.82 Å². The molecule has 2 unspecified atom stereocenters. The minimum absolute atomic E-state index is 0.0370. The Morgan fingerprint density at radius 1 is 0.482 bits per heavy atom. The first kappa shape index (κ1) is 55.0. The Labute approximate surface area is 346 Å². The molecule has 9 nitrogen and oxygen atoms in total. The number of hydrogen-bond donors (Lipinski definition) is 1. The SMILES string of the molecule is CCCCCCCCCCCCCCCCCCCCC(=O)OC(COC(=O)CCCCCCCCCCCCCCCC)COP(=O)(O)OCC[N+](C)(C)C. The maximum Gasteiger partial charge on any atom is 0.472 e. The van der Waals surface area contributed by atoms with Crippen LogP contribution in [0.15, 0.2) is 0 Å². The van der Waals surface area contributed by atoms with E-state index in [1.807, 2.05) is 21.1 Å². The standard InChI is InChI=1S/C46H92NO8P/c1-6-8-10-12-14-16-18-20-22-23-24-25-27-29-31-33-35-37-39-46(49)55-44(43-54-56(50,51)53-41-40-47(3,4)5)42-52-45(48)38-36-34-32-30-28-26-21-19-17-15-13-11-9-7-2/h44H,6-43H2,1-5H3/p+1. The van der Waals surface area contributed by atoms with Crippen LogP contribution in [-0.2, 0) is 32.7 Å². The molecule has 0 rings (SSSR count). The summed E-state index contributed by atoms with van der Waals surface area (Å²) in [5.41, 5.74) is 0. The lowest BCUT2D eigenvalue weighted by atomic mass is 10.0. The van der Waals surface area contributed by atoms with Gasteiger partial charge >= 0.3 is 19.8 Å². The molecule has 0 aliphatic heterocycles. The number of carbonyl (C=O) groups is 2. The van der Waals surface area contributed by atoms with Gasteiger partial charge < -0.3 is 18.9 Å². The highest BCUT2D eigenvalue weighted by atomic mass is 31.2. The third kappa shape index (κ3) is 42.6. The van der Waals surface area contributed by atoms with Gasteiger partial charge in [0.15, 0.2) is 6.10 Å². The van der Waals surface area contributed by atoms with Crippen LogP contribution in [0, 0.1) is 0 Å². The van der Waals surface area contributed by atoms with Crippen LogP contribution in [0.5, 0.6) is 0 Å². The van der Waals surface area contributed by atoms with Crippen LogP contribution in [-0.4, -0.2) is 74.9 Å². The van der Waals surface area contributed by atoms with Crippen molar-refractivity contribution in [2.75, 3.05) is 47.5 Å². The predicted octanol–water partition coefficient (Wildman–Crippen LogP) is 13.6. The summed E-state index contributed by atoms with van der Waals surface area (Å²) in [4.78, 5) is 35.4. The number of carbonyl (C=O) groups excluding carboxylic acids is 2. The molecule has 0 fully saturated rings. The number of phosphoric ester groups is 1. The third-order valence-corrected chi connectivity index (χ3v) is 11.6. The summed E-state index contributed by atoms with van der Waals surface area (Å²) in [5, 5.41) is 0. The van der Waals surface area contributed by atoms with Crippen molar-refractivity contribution >= 4 is 19.8 Å². The van der Waals surface area contributed by atoms with Gasteiger partial charge in [-0.2, -0.15) is 0 Å². The van der Waals surface area contributed by atoms with Crippen molar-refractivity contribution in [1.29, 1.82) is 0 Å². The van der Waals surface area contributed by atoms with Gasteiger partial charge in [0.05, 0.1) is 27.7 Å². The number of esters is 2. The maximum absolute atomic E-state index is 12.7. The molecule has 0 amide bonds. The van der Waals surface area contributed by atoms with Crippen LogP contribution in [0.3, 0.4) is 0 Å². The molecular formula is C46H93NO8P+. The number of quaternary nitrogens is 1. The molecule has 0 spiro atoms. The van der Waals surface area contributed by atoms with E-state index in [9.17, 15) is 19.0 Å². The molecule has 0 aliphatic carbocycles. The Balaban J connectivity index is 4.25. The summed E-state index contributed by atoms with van der Waals surface area (Å²) in [6, 6.07) is 0. The largest absolute Gasteiger partial charge is 0.472 e. The summed E-state index contributed by atoms with van der Waals surface area (Å²) in [5.74, 6) is -0.781. The van der Waals surface area contributed by atoms with Gasteiger partial charge in [-0.25, -0.2) is 4.57 Å². The Morgan fingerprint density at radius 2 is 0.804 bits per heavy atom. The highest BCUT2D eigenvalue weighted by molar-refractivity contribution is 7.47. The quantitative estimate of drug-likeness (QED) is 0.0280. The molecule has 0 aromatic rings. The molecule has 2 atom stereocenters. The highest BCUT2D eigenvalue weighted by Crippen LogP contribution is 2.43. The maximum atomic E-state index is 12.7. The van der Waals surface area contributed by atoms with Crippen molar-refractivity contribution in [3.8, 4) is 0 Å². The Hall–Kier alpha value is -0.990. The lowest BCUT2D eigenvalue weighted by Crippen LogP contribution is -2.37. The van der Waals surface area contributed by atoms with Gasteiger partial charge in [0.2, 0.25) is 0 Å². The number of phosphoric acid groups is 1. The fourth-order valence-corrected chi connectivity index (χ4v) is 7.64. The van der Waals surface area contributed by atoms with Crippen LogP contribution in [0.4, 0.5) is 0 Å². The van der Waals surface area contributed by atoms with E-state index in [1.165, 1.54) is 167 Å². The fraction of sp³-hybridized carbons (Fsp3) is 0.957. The van der Waals surface area contributed by atoms with E-state index in [0.717, 1.165) is 38.5 Å². The van der Waals surface area contributed by atoms with Gasteiger partial charge in [0, 0.05) is 12.8 Å². The molecule has 0 aromatic carbocycles. The van der Waals surface area contributed by atoms with Crippen LogP contribution in [0.1, 0.15) is 232 Å². The van der Waals surface area contributed by atoms with Crippen LogP contribution in [0.25, 0.3) is 0 Å². The Kier molecular flexibility index (Phi) is 38.8. The molecule has 0 saturated carbocycles. The van der Waals surface area contributed by atoms with Gasteiger partial charge in [0.1, 0.15) is 19.8 Å². The van der Waals surface area contributed by atoms with Gasteiger partial charge in [-0.05, 0) is 12.8 Å². The smallest absolute Gasteiger partial charge is 0.462 e.